The molecule has 0 atom stereocenters. The zero-order chi connectivity index (χ0) is 14.9. The van der Waals surface area contributed by atoms with Crippen molar-refractivity contribution in [2.24, 2.45) is 0 Å². The number of anilines is 1. The van der Waals surface area contributed by atoms with Gasteiger partial charge in [0.2, 0.25) is 0 Å². The summed E-state index contributed by atoms with van der Waals surface area (Å²) in [7, 11) is 0. The number of carbonyl (C=O) groups excluding carboxylic acids is 1. The lowest BCUT2D eigenvalue weighted by Gasteiger charge is -2.10. The van der Waals surface area contributed by atoms with Crippen LogP contribution < -0.4 is 5.32 Å². The highest BCUT2D eigenvalue weighted by molar-refractivity contribution is 9.11. The molecule has 1 amide bonds. The molecule has 0 saturated heterocycles. The van der Waals surface area contributed by atoms with Gasteiger partial charge in [-0.25, -0.2) is 13.2 Å². The normalized spacial score (nSPS) is 10.4. The Labute approximate surface area is 129 Å². The molecule has 104 valence electrons. The van der Waals surface area contributed by atoms with Gasteiger partial charge in [0.25, 0.3) is 5.91 Å². The topological polar surface area (TPSA) is 29.1 Å². The molecule has 2 aromatic carbocycles. The number of hydrogen-bond acceptors (Lipinski definition) is 1. The Kier molecular flexibility index (Phi) is 4.49. The summed E-state index contributed by atoms with van der Waals surface area (Å²) < 4.78 is 39.9. The number of hydrogen-bond donors (Lipinski definition) is 1. The maximum Gasteiger partial charge on any atom is 0.257 e. The van der Waals surface area contributed by atoms with Crippen LogP contribution in [-0.4, -0.2) is 5.91 Å². The lowest BCUT2D eigenvalue weighted by atomic mass is 10.2. The van der Waals surface area contributed by atoms with Crippen molar-refractivity contribution in [1.29, 1.82) is 0 Å². The van der Waals surface area contributed by atoms with E-state index >= 15 is 0 Å². The van der Waals surface area contributed by atoms with Crippen LogP contribution in [0.5, 0.6) is 0 Å². The quantitative estimate of drug-likeness (QED) is 0.753. The zero-order valence-electron chi connectivity index (χ0n) is 9.68. The van der Waals surface area contributed by atoms with E-state index in [1.54, 1.807) is 0 Å². The molecule has 0 radical (unpaired) electrons. The van der Waals surface area contributed by atoms with E-state index in [-0.39, 0.29) is 20.2 Å². The molecule has 0 fully saturated rings. The highest BCUT2D eigenvalue weighted by Gasteiger charge is 2.17. The minimum atomic E-state index is -0.933. The Hall–Kier alpha value is -1.34. The van der Waals surface area contributed by atoms with Gasteiger partial charge in [0.15, 0.2) is 5.82 Å². The van der Waals surface area contributed by atoms with E-state index in [1.807, 2.05) is 0 Å². The van der Waals surface area contributed by atoms with Gasteiger partial charge in [-0.15, -0.1) is 0 Å². The third-order valence-electron chi connectivity index (χ3n) is 2.44. The summed E-state index contributed by atoms with van der Waals surface area (Å²) in [5, 5.41) is 2.27. The third kappa shape index (κ3) is 3.04. The fraction of sp³-hybridized carbons (Fsp3) is 0. The third-order valence-corrected chi connectivity index (χ3v) is 3.87. The summed E-state index contributed by atoms with van der Waals surface area (Å²) >= 11 is 5.89. The molecule has 0 spiro atoms. The first-order valence-corrected chi connectivity index (χ1v) is 6.88. The summed E-state index contributed by atoms with van der Waals surface area (Å²) in [5.74, 6) is -3.05. The van der Waals surface area contributed by atoms with E-state index in [0.29, 0.717) is 6.07 Å². The number of rotatable bonds is 2. The predicted molar refractivity (Wildman–Crippen MR) is 76.1 cm³/mol. The Bertz CT molecular complexity index is 668. The van der Waals surface area contributed by atoms with E-state index < -0.39 is 23.4 Å². The van der Waals surface area contributed by atoms with Gasteiger partial charge in [0.1, 0.15) is 11.6 Å². The highest BCUT2D eigenvalue weighted by Crippen LogP contribution is 2.28. The molecule has 2 aromatic rings. The van der Waals surface area contributed by atoms with E-state index in [9.17, 15) is 18.0 Å². The Morgan fingerprint density at radius 3 is 2.40 bits per heavy atom. The number of carbonyl (C=O) groups is 1. The van der Waals surface area contributed by atoms with E-state index in [1.165, 1.54) is 18.2 Å². The van der Waals surface area contributed by atoms with Crippen LogP contribution in [0.2, 0.25) is 0 Å². The standard InChI is InChI=1S/C13H6Br2F3NO/c14-8-4-6(16)5-10(18)12(8)19-13(20)7-2-1-3-9(17)11(7)15/h1-5H,(H,19,20). The second-order valence-electron chi connectivity index (χ2n) is 3.80. The number of halogens is 5. The fourth-order valence-electron chi connectivity index (χ4n) is 1.52. The van der Waals surface area contributed by atoms with Gasteiger partial charge in [0.05, 0.1) is 15.7 Å². The molecular formula is C13H6Br2F3NO. The van der Waals surface area contributed by atoms with Crippen LogP contribution in [0.1, 0.15) is 10.4 Å². The van der Waals surface area contributed by atoms with E-state index in [2.05, 4.69) is 37.2 Å². The molecule has 0 saturated carbocycles. The average molecular weight is 409 g/mol. The molecule has 0 bridgehead atoms. The summed E-state index contributed by atoms with van der Waals surface area (Å²) in [6, 6.07) is 5.55. The van der Waals surface area contributed by atoms with Crippen molar-refractivity contribution in [3.8, 4) is 0 Å². The Morgan fingerprint density at radius 2 is 1.75 bits per heavy atom. The summed E-state index contributed by atoms with van der Waals surface area (Å²) in [5.41, 5.74) is -0.215. The molecule has 2 nitrogen and oxygen atoms in total. The minimum Gasteiger partial charge on any atom is -0.318 e. The molecule has 20 heavy (non-hydrogen) atoms. The van der Waals surface area contributed by atoms with Gasteiger partial charge in [-0.05, 0) is 50.1 Å². The fourth-order valence-corrected chi connectivity index (χ4v) is 2.47. The minimum absolute atomic E-state index is 0.000579. The van der Waals surface area contributed by atoms with Crippen LogP contribution in [0.3, 0.4) is 0 Å². The molecule has 7 heteroatoms. The average Bonchev–Trinajstić information content (AvgIpc) is 2.36. The smallest absolute Gasteiger partial charge is 0.257 e. The van der Waals surface area contributed by atoms with Gasteiger partial charge in [-0.1, -0.05) is 6.07 Å². The van der Waals surface area contributed by atoms with Crippen molar-refractivity contribution in [2.75, 3.05) is 5.32 Å². The van der Waals surface area contributed by atoms with Crippen LogP contribution in [-0.2, 0) is 0 Å². The molecule has 0 unspecified atom stereocenters. The maximum atomic E-state index is 13.6. The van der Waals surface area contributed by atoms with Crippen LogP contribution in [0.25, 0.3) is 0 Å². The summed E-state index contributed by atoms with van der Waals surface area (Å²) in [6.07, 6.45) is 0. The molecule has 0 aliphatic heterocycles. The zero-order valence-corrected chi connectivity index (χ0v) is 12.9. The molecule has 0 aromatic heterocycles. The molecule has 2 rings (SSSR count). The van der Waals surface area contributed by atoms with Crippen LogP contribution in [0.4, 0.5) is 18.9 Å². The van der Waals surface area contributed by atoms with E-state index in [4.69, 9.17) is 0 Å². The lowest BCUT2D eigenvalue weighted by molar-refractivity contribution is 0.102. The molecular weight excluding hydrogens is 403 g/mol. The van der Waals surface area contributed by atoms with Crippen molar-refractivity contribution in [3.63, 3.8) is 0 Å². The second kappa shape index (κ2) is 5.97. The predicted octanol–water partition coefficient (Wildman–Crippen LogP) is 4.88. The van der Waals surface area contributed by atoms with Crippen LogP contribution in [0, 0.1) is 17.5 Å². The van der Waals surface area contributed by atoms with Gasteiger partial charge in [0, 0.05) is 10.5 Å². The number of amides is 1. The Balaban J connectivity index is 2.36. The molecule has 0 aliphatic carbocycles. The van der Waals surface area contributed by atoms with Crippen molar-refractivity contribution in [2.45, 2.75) is 0 Å². The molecule has 0 heterocycles. The van der Waals surface area contributed by atoms with Crippen molar-refractivity contribution in [1.82, 2.24) is 0 Å². The van der Waals surface area contributed by atoms with Crippen LogP contribution in [0.15, 0.2) is 39.3 Å². The van der Waals surface area contributed by atoms with Gasteiger partial charge < -0.3 is 5.32 Å². The lowest BCUT2D eigenvalue weighted by Crippen LogP contribution is -2.14. The van der Waals surface area contributed by atoms with Crippen molar-refractivity contribution >= 4 is 43.5 Å². The van der Waals surface area contributed by atoms with Crippen LogP contribution >= 0.6 is 31.9 Å². The summed E-state index contributed by atoms with van der Waals surface area (Å²) in [6.45, 7) is 0. The first-order chi connectivity index (χ1) is 9.40. The van der Waals surface area contributed by atoms with Gasteiger partial charge in [-0.2, -0.15) is 0 Å². The number of nitrogens with one attached hydrogen (secondary N) is 1. The maximum absolute atomic E-state index is 13.6. The van der Waals surface area contributed by atoms with Crippen molar-refractivity contribution < 1.29 is 18.0 Å². The van der Waals surface area contributed by atoms with Crippen molar-refractivity contribution in [3.05, 3.63) is 62.3 Å². The van der Waals surface area contributed by atoms with Gasteiger partial charge >= 0.3 is 0 Å². The first kappa shape index (κ1) is 15.1. The number of benzene rings is 2. The summed E-state index contributed by atoms with van der Waals surface area (Å²) in [4.78, 5) is 12.0. The largest absolute Gasteiger partial charge is 0.318 e. The second-order valence-corrected chi connectivity index (χ2v) is 5.45. The Morgan fingerprint density at radius 1 is 1.05 bits per heavy atom. The molecule has 1 N–H and O–H groups in total. The van der Waals surface area contributed by atoms with E-state index in [0.717, 1.165) is 6.07 Å². The SMILES string of the molecule is O=C(Nc1c(F)cc(F)cc1Br)c1cccc(F)c1Br. The first-order valence-electron chi connectivity index (χ1n) is 5.30. The van der Waals surface area contributed by atoms with Gasteiger partial charge in [-0.3, -0.25) is 4.79 Å². The monoisotopic (exact) mass is 407 g/mol. The molecule has 0 aliphatic rings. The highest BCUT2D eigenvalue weighted by atomic mass is 79.9.